The Kier molecular flexibility index (Phi) is 4.90. The maximum Gasteiger partial charge on any atom is 0.286 e. The van der Waals surface area contributed by atoms with Crippen molar-refractivity contribution in [3.05, 3.63) is 64.8 Å². The van der Waals surface area contributed by atoms with Gasteiger partial charge < -0.3 is 9.72 Å². The predicted octanol–water partition coefficient (Wildman–Crippen LogP) is 2.83. The molecule has 0 saturated heterocycles. The lowest BCUT2D eigenvalue weighted by molar-refractivity contribution is -0.121. The lowest BCUT2D eigenvalue weighted by Gasteiger charge is -2.06. The fourth-order valence-electron chi connectivity index (χ4n) is 2.38. The number of hydrogen-bond acceptors (Lipinski definition) is 3. The van der Waals surface area contributed by atoms with Gasteiger partial charge in [-0.3, -0.25) is 20.4 Å². The number of benzene rings is 2. The van der Waals surface area contributed by atoms with E-state index < -0.39 is 5.91 Å². The second-order valence-corrected chi connectivity index (χ2v) is 5.88. The van der Waals surface area contributed by atoms with Crippen LogP contribution in [0.3, 0.4) is 0 Å². The molecular formula is C18H16ClN3O3. The molecule has 2 aromatic carbocycles. The first kappa shape index (κ1) is 16.9. The quantitative estimate of drug-likeness (QED) is 0.628. The first-order valence-electron chi connectivity index (χ1n) is 7.55. The van der Waals surface area contributed by atoms with Crippen LogP contribution in [0.25, 0.3) is 10.9 Å². The summed E-state index contributed by atoms with van der Waals surface area (Å²) in [6.45, 7) is 0. The minimum absolute atomic E-state index is 0.140. The van der Waals surface area contributed by atoms with Crippen LogP contribution in [0, 0.1) is 0 Å². The summed E-state index contributed by atoms with van der Waals surface area (Å²) in [5.74, 6) is -0.0642. The number of carbonyl (C=O) groups excluding carboxylic acids is 2. The highest BCUT2D eigenvalue weighted by Crippen LogP contribution is 2.21. The zero-order valence-corrected chi connectivity index (χ0v) is 14.2. The molecule has 3 N–H and O–H groups in total. The van der Waals surface area contributed by atoms with Crippen LogP contribution in [0.2, 0.25) is 5.02 Å². The van der Waals surface area contributed by atoms with E-state index in [1.807, 2.05) is 12.1 Å². The van der Waals surface area contributed by atoms with E-state index in [0.717, 1.165) is 16.5 Å². The van der Waals surface area contributed by atoms with Gasteiger partial charge in [0.25, 0.3) is 5.91 Å². The van der Waals surface area contributed by atoms with Gasteiger partial charge in [0.1, 0.15) is 11.4 Å². The minimum atomic E-state index is -0.431. The van der Waals surface area contributed by atoms with Crippen molar-refractivity contribution in [3.63, 3.8) is 0 Å². The molecule has 3 aromatic rings. The number of aromatic nitrogens is 1. The third-order valence-corrected chi connectivity index (χ3v) is 3.92. The summed E-state index contributed by atoms with van der Waals surface area (Å²) < 4.78 is 5.15. The van der Waals surface area contributed by atoms with Crippen molar-refractivity contribution in [1.82, 2.24) is 15.8 Å². The summed E-state index contributed by atoms with van der Waals surface area (Å²) in [4.78, 5) is 27.1. The van der Waals surface area contributed by atoms with Crippen LogP contribution in [0.5, 0.6) is 5.75 Å². The molecule has 0 aliphatic carbocycles. The maximum atomic E-state index is 12.2. The number of rotatable bonds is 4. The largest absolute Gasteiger partial charge is 0.497 e. The summed E-state index contributed by atoms with van der Waals surface area (Å²) in [6.07, 6.45) is 0.140. The Morgan fingerprint density at radius 2 is 1.84 bits per heavy atom. The number of ether oxygens (including phenoxy) is 1. The standard InChI is InChI=1S/C18H16ClN3O3/c1-25-14-7-4-12-9-16(20-15(12)10-14)18(24)22-21-17(23)8-11-2-5-13(19)6-3-11/h2-7,9-10,20H,8H2,1H3,(H,21,23)(H,22,24). The van der Waals surface area contributed by atoms with Gasteiger partial charge in [0.05, 0.1) is 13.5 Å². The highest BCUT2D eigenvalue weighted by molar-refractivity contribution is 6.30. The Balaban J connectivity index is 1.60. The Morgan fingerprint density at radius 1 is 1.08 bits per heavy atom. The number of methoxy groups -OCH3 is 1. The van der Waals surface area contributed by atoms with Crippen molar-refractivity contribution in [1.29, 1.82) is 0 Å². The SMILES string of the molecule is COc1ccc2cc(C(=O)NNC(=O)Cc3ccc(Cl)cc3)[nH]c2c1. The molecule has 0 radical (unpaired) electrons. The van der Waals surface area contributed by atoms with E-state index in [-0.39, 0.29) is 12.3 Å². The fourth-order valence-corrected chi connectivity index (χ4v) is 2.51. The first-order chi connectivity index (χ1) is 12.0. The lowest BCUT2D eigenvalue weighted by atomic mass is 10.1. The summed E-state index contributed by atoms with van der Waals surface area (Å²) in [5, 5.41) is 1.48. The molecule has 0 aliphatic rings. The number of fused-ring (bicyclic) bond motifs is 1. The average molecular weight is 358 g/mol. The molecule has 128 valence electrons. The molecule has 1 heterocycles. The highest BCUT2D eigenvalue weighted by atomic mass is 35.5. The molecule has 3 rings (SSSR count). The smallest absolute Gasteiger partial charge is 0.286 e. The van der Waals surface area contributed by atoms with Crippen LogP contribution >= 0.6 is 11.6 Å². The normalized spacial score (nSPS) is 10.5. The summed E-state index contributed by atoms with van der Waals surface area (Å²) in [6, 6.07) is 14.1. The average Bonchev–Trinajstić information content (AvgIpc) is 3.04. The van der Waals surface area contributed by atoms with Gasteiger partial charge in [-0.15, -0.1) is 0 Å². The van der Waals surface area contributed by atoms with Crippen molar-refractivity contribution in [2.45, 2.75) is 6.42 Å². The van der Waals surface area contributed by atoms with Crippen LogP contribution in [0.4, 0.5) is 0 Å². The van der Waals surface area contributed by atoms with Gasteiger partial charge >= 0.3 is 0 Å². The first-order valence-corrected chi connectivity index (χ1v) is 7.93. The van der Waals surface area contributed by atoms with E-state index in [1.54, 1.807) is 43.5 Å². The molecule has 6 nitrogen and oxygen atoms in total. The number of amides is 2. The molecular weight excluding hydrogens is 342 g/mol. The summed E-state index contributed by atoms with van der Waals surface area (Å²) >= 11 is 5.80. The Morgan fingerprint density at radius 3 is 2.56 bits per heavy atom. The van der Waals surface area contributed by atoms with Crippen LogP contribution < -0.4 is 15.6 Å². The van der Waals surface area contributed by atoms with E-state index in [2.05, 4.69) is 15.8 Å². The number of halogens is 1. The van der Waals surface area contributed by atoms with Crippen LogP contribution in [0.15, 0.2) is 48.5 Å². The Bertz CT molecular complexity index is 919. The van der Waals surface area contributed by atoms with Gasteiger partial charge in [-0.1, -0.05) is 23.7 Å². The highest BCUT2D eigenvalue weighted by Gasteiger charge is 2.11. The Hall–Kier alpha value is -2.99. The zero-order valence-electron chi connectivity index (χ0n) is 13.4. The van der Waals surface area contributed by atoms with Crippen molar-refractivity contribution in [2.75, 3.05) is 7.11 Å². The number of hydrazine groups is 1. The zero-order chi connectivity index (χ0) is 17.8. The number of nitrogens with one attached hydrogen (secondary N) is 3. The summed E-state index contributed by atoms with van der Waals surface area (Å²) in [5.41, 5.74) is 6.71. The van der Waals surface area contributed by atoms with Crippen LogP contribution in [-0.4, -0.2) is 23.9 Å². The minimum Gasteiger partial charge on any atom is -0.497 e. The predicted molar refractivity (Wildman–Crippen MR) is 95.6 cm³/mol. The van der Waals surface area contributed by atoms with Crippen molar-refractivity contribution >= 4 is 34.3 Å². The molecule has 0 spiro atoms. The lowest BCUT2D eigenvalue weighted by Crippen LogP contribution is -2.42. The van der Waals surface area contributed by atoms with Gasteiger partial charge in [-0.2, -0.15) is 0 Å². The fraction of sp³-hybridized carbons (Fsp3) is 0.111. The molecule has 7 heteroatoms. The van der Waals surface area contributed by atoms with Gasteiger partial charge in [0.15, 0.2) is 0 Å². The van der Waals surface area contributed by atoms with E-state index >= 15 is 0 Å². The molecule has 0 atom stereocenters. The van der Waals surface area contributed by atoms with E-state index in [4.69, 9.17) is 16.3 Å². The second-order valence-electron chi connectivity index (χ2n) is 5.44. The number of H-pyrrole nitrogens is 1. The molecule has 0 fully saturated rings. The van der Waals surface area contributed by atoms with Crippen LogP contribution in [0.1, 0.15) is 16.1 Å². The van der Waals surface area contributed by atoms with Gasteiger partial charge in [0.2, 0.25) is 5.91 Å². The van der Waals surface area contributed by atoms with Gasteiger partial charge in [-0.25, -0.2) is 0 Å². The molecule has 0 unspecified atom stereocenters. The third kappa shape index (κ3) is 4.10. The molecule has 1 aromatic heterocycles. The van der Waals surface area contributed by atoms with E-state index in [9.17, 15) is 9.59 Å². The number of aromatic amines is 1. The molecule has 0 aliphatic heterocycles. The Labute approximate surface area is 149 Å². The summed E-state index contributed by atoms with van der Waals surface area (Å²) in [7, 11) is 1.58. The molecule has 0 bridgehead atoms. The number of carbonyl (C=O) groups is 2. The third-order valence-electron chi connectivity index (χ3n) is 3.67. The van der Waals surface area contributed by atoms with Gasteiger partial charge in [0, 0.05) is 22.0 Å². The van der Waals surface area contributed by atoms with Crippen molar-refractivity contribution in [3.8, 4) is 5.75 Å². The maximum absolute atomic E-state index is 12.2. The topological polar surface area (TPSA) is 83.2 Å². The van der Waals surface area contributed by atoms with Crippen molar-refractivity contribution < 1.29 is 14.3 Å². The van der Waals surface area contributed by atoms with E-state index in [0.29, 0.717) is 16.5 Å². The molecule has 0 saturated carbocycles. The monoisotopic (exact) mass is 357 g/mol. The van der Waals surface area contributed by atoms with Crippen LogP contribution in [-0.2, 0) is 11.2 Å². The molecule has 2 amide bonds. The molecule has 25 heavy (non-hydrogen) atoms. The second kappa shape index (κ2) is 7.27. The van der Waals surface area contributed by atoms with Gasteiger partial charge in [-0.05, 0) is 35.9 Å². The number of hydrogen-bond donors (Lipinski definition) is 3. The van der Waals surface area contributed by atoms with Crippen molar-refractivity contribution in [2.24, 2.45) is 0 Å². The van der Waals surface area contributed by atoms with E-state index in [1.165, 1.54) is 0 Å².